The highest BCUT2D eigenvalue weighted by atomic mass is 35.5. The van der Waals surface area contributed by atoms with Crippen LogP contribution in [0.3, 0.4) is 0 Å². The van der Waals surface area contributed by atoms with Crippen LogP contribution in [0.5, 0.6) is 0 Å². The number of alkyl halides is 1. The number of rotatable bonds is 7. The van der Waals surface area contributed by atoms with E-state index in [-0.39, 0.29) is 41.2 Å². The summed E-state index contributed by atoms with van der Waals surface area (Å²) < 4.78 is 30.5. The van der Waals surface area contributed by atoms with Gasteiger partial charge in [-0.3, -0.25) is 9.69 Å². The van der Waals surface area contributed by atoms with E-state index in [4.69, 9.17) is 16.7 Å². The standard InChI is InChI=1S/C20H24ClF2N3O4/c1-2-12(22)10-26-11-14(20(29)30)19(28)13-9-15(23)18(16(21)17(13)26)25-5-3-24(4-6-25)7-8-27/h9,11-12,27H,2-8,10H2,1H3,(H,29,30). The Bertz CT molecular complexity index is 1010. The van der Waals surface area contributed by atoms with Crippen molar-refractivity contribution in [1.29, 1.82) is 0 Å². The van der Waals surface area contributed by atoms with E-state index >= 15 is 4.39 Å². The fraction of sp³-hybridized carbons (Fsp3) is 0.500. The smallest absolute Gasteiger partial charge is 0.341 e. The summed E-state index contributed by atoms with van der Waals surface area (Å²) in [5.74, 6) is -2.20. The molecule has 1 unspecified atom stereocenters. The van der Waals surface area contributed by atoms with Crippen LogP contribution in [-0.4, -0.2) is 71.2 Å². The molecule has 0 radical (unpaired) electrons. The van der Waals surface area contributed by atoms with Crippen LogP contribution in [0.15, 0.2) is 17.1 Å². The maximum Gasteiger partial charge on any atom is 0.341 e. The van der Waals surface area contributed by atoms with Gasteiger partial charge in [0.25, 0.3) is 0 Å². The number of halogens is 3. The summed E-state index contributed by atoms with van der Waals surface area (Å²) in [7, 11) is 0. The highest BCUT2D eigenvalue weighted by Crippen LogP contribution is 2.36. The molecule has 2 N–H and O–H groups in total. The van der Waals surface area contributed by atoms with Gasteiger partial charge in [0.2, 0.25) is 5.43 Å². The molecule has 1 aliphatic heterocycles. The lowest BCUT2D eigenvalue weighted by atomic mass is 10.1. The van der Waals surface area contributed by atoms with Crippen molar-refractivity contribution in [1.82, 2.24) is 9.47 Å². The second-order valence-electron chi connectivity index (χ2n) is 7.30. The average molecular weight is 444 g/mol. The van der Waals surface area contributed by atoms with Crippen molar-refractivity contribution in [2.24, 2.45) is 0 Å². The third kappa shape index (κ3) is 4.28. The van der Waals surface area contributed by atoms with Gasteiger partial charge in [0.1, 0.15) is 17.6 Å². The Labute approximate surface area is 177 Å². The zero-order chi connectivity index (χ0) is 22.0. The Morgan fingerprint density at radius 2 is 1.97 bits per heavy atom. The lowest BCUT2D eigenvalue weighted by Crippen LogP contribution is -2.47. The van der Waals surface area contributed by atoms with E-state index in [0.717, 1.165) is 12.3 Å². The number of benzene rings is 1. The van der Waals surface area contributed by atoms with Gasteiger partial charge in [0.15, 0.2) is 0 Å². The van der Waals surface area contributed by atoms with E-state index < -0.39 is 29.0 Å². The number of carbonyl (C=O) groups is 1. The number of β-amino-alcohol motifs (C(OH)–C–C–N with tert-alkyl or cyclic N) is 1. The quantitative estimate of drug-likeness (QED) is 0.683. The van der Waals surface area contributed by atoms with Crippen molar-refractivity contribution in [3.63, 3.8) is 0 Å². The topological polar surface area (TPSA) is 86.0 Å². The molecule has 2 aromatic rings. The predicted molar refractivity (Wildman–Crippen MR) is 111 cm³/mol. The number of fused-ring (bicyclic) bond motifs is 1. The number of carboxylic acids is 1. The van der Waals surface area contributed by atoms with Crippen molar-refractivity contribution in [3.8, 4) is 0 Å². The van der Waals surface area contributed by atoms with Gasteiger partial charge in [0.05, 0.1) is 34.8 Å². The highest BCUT2D eigenvalue weighted by Gasteiger charge is 2.26. The fourth-order valence-corrected chi connectivity index (χ4v) is 4.16. The molecule has 7 nitrogen and oxygen atoms in total. The number of aromatic carboxylic acids is 1. The van der Waals surface area contributed by atoms with E-state index in [1.807, 2.05) is 4.90 Å². The Kier molecular flexibility index (Phi) is 6.95. The van der Waals surface area contributed by atoms with Crippen LogP contribution in [-0.2, 0) is 6.54 Å². The van der Waals surface area contributed by atoms with Gasteiger partial charge < -0.3 is 19.7 Å². The maximum absolute atomic E-state index is 15.0. The number of nitrogens with zero attached hydrogens (tertiary/aromatic N) is 3. The van der Waals surface area contributed by atoms with Crippen molar-refractivity contribution >= 4 is 34.2 Å². The largest absolute Gasteiger partial charge is 0.477 e. The minimum Gasteiger partial charge on any atom is -0.477 e. The fourth-order valence-electron chi connectivity index (χ4n) is 3.74. The predicted octanol–water partition coefficient (Wildman–Crippen LogP) is 2.35. The van der Waals surface area contributed by atoms with Crippen LogP contribution in [0.25, 0.3) is 10.9 Å². The van der Waals surface area contributed by atoms with E-state index in [1.54, 1.807) is 11.8 Å². The Hall–Kier alpha value is -2.23. The van der Waals surface area contributed by atoms with Gasteiger partial charge in [-0.1, -0.05) is 18.5 Å². The molecule has 30 heavy (non-hydrogen) atoms. The van der Waals surface area contributed by atoms with Gasteiger partial charge in [-0.2, -0.15) is 0 Å². The SMILES string of the molecule is CCC(F)Cn1cc(C(=O)O)c(=O)c2cc(F)c(N3CCN(CCO)CC3)c(Cl)c21. The number of carboxylic acid groups (broad SMARTS) is 1. The van der Waals surface area contributed by atoms with Crippen molar-refractivity contribution < 1.29 is 23.8 Å². The molecular weight excluding hydrogens is 420 g/mol. The van der Waals surface area contributed by atoms with E-state index in [9.17, 15) is 19.1 Å². The van der Waals surface area contributed by atoms with E-state index in [1.165, 1.54) is 4.57 Å². The first-order valence-electron chi connectivity index (χ1n) is 9.79. The third-order valence-electron chi connectivity index (χ3n) is 5.40. The molecule has 1 saturated heterocycles. The minimum atomic E-state index is -1.47. The summed E-state index contributed by atoms with van der Waals surface area (Å²) >= 11 is 6.55. The number of aliphatic hydroxyl groups excluding tert-OH is 1. The molecule has 1 atom stereocenters. The number of aliphatic hydroxyl groups is 1. The zero-order valence-electron chi connectivity index (χ0n) is 16.6. The van der Waals surface area contributed by atoms with Crippen molar-refractivity contribution in [2.45, 2.75) is 26.1 Å². The molecule has 1 aromatic carbocycles. The summed E-state index contributed by atoms with van der Waals surface area (Å²) in [4.78, 5) is 27.9. The summed E-state index contributed by atoms with van der Waals surface area (Å²) in [6.07, 6.45) is -0.0276. The van der Waals surface area contributed by atoms with Gasteiger partial charge in [-0.25, -0.2) is 13.6 Å². The molecule has 1 aromatic heterocycles. The number of anilines is 1. The Morgan fingerprint density at radius 3 is 2.53 bits per heavy atom. The number of piperazine rings is 1. The van der Waals surface area contributed by atoms with Crippen molar-refractivity contribution in [3.05, 3.63) is 38.9 Å². The summed E-state index contributed by atoms with van der Waals surface area (Å²) in [6.45, 7) is 4.11. The first-order valence-corrected chi connectivity index (χ1v) is 10.2. The molecule has 1 aliphatic rings. The molecule has 2 heterocycles. The van der Waals surface area contributed by atoms with E-state index in [2.05, 4.69) is 0 Å². The molecule has 1 fully saturated rings. The highest BCUT2D eigenvalue weighted by molar-refractivity contribution is 6.38. The number of aromatic nitrogens is 1. The molecule has 164 valence electrons. The summed E-state index contributed by atoms with van der Waals surface area (Å²) in [6, 6.07) is 0.987. The second kappa shape index (κ2) is 9.28. The second-order valence-corrected chi connectivity index (χ2v) is 7.68. The van der Waals surface area contributed by atoms with Crippen LogP contribution in [0.1, 0.15) is 23.7 Å². The van der Waals surface area contributed by atoms with Crippen LogP contribution in [0.4, 0.5) is 14.5 Å². The molecule has 0 amide bonds. The van der Waals surface area contributed by atoms with Gasteiger partial charge in [-0.15, -0.1) is 0 Å². The maximum atomic E-state index is 15.0. The molecule has 10 heteroatoms. The summed E-state index contributed by atoms with van der Waals surface area (Å²) in [5.41, 5.74) is -1.19. The molecule has 0 spiro atoms. The van der Waals surface area contributed by atoms with E-state index in [0.29, 0.717) is 32.7 Å². The lowest BCUT2D eigenvalue weighted by Gasteiger charge is -2.36. The van der Waals surface area contributed by atoms with Crippen LogP contribution < -0.4 is 10.3 Å². The molecule has 3 rings (SSSR count). The number of hydrogen-bond acceptors (Lipinski definition) is 5. The Balaban J connectivity index is 2.15. The number of hydrogen-bond donors (Lipinski definition) is 2. The van der Waals surface area contributed by atoms with Crippen LogP contribution >= 0.6 is 11.6 Å². The zero-order valence-corrected chi connectivity index (χ0v) is 17.3. The van der Waals surface area contributed by atoms with Gasteiger partial charge in [-0.05, 0) is 12.5 Å². The first-order chi connectivity index (χ1) is 14.3. The van der Waals surface area contributed by atoms with Gasteiger partial charge >= 0.3 is 5.97 Å². The normalized spacial score (nSPS) is 16.2. The number of pyridine rings is 1. The first kappa shape index (κ1) is 22.5. The third-order valence-corrected chi connectivity index (χ3v) is 5.76. The molecule has 0 bridgehead atoms. The van der Waals surface area contributed by atoms with Crippen LogP contribution in [0, 0.1) is 5.82 Å². The summed E-state index contributed by atoms with van der Waals surface area (Å²) in [5, 5.41) is 18.2. The monoisotopic (exact) mass is 443 g/mol. The molecule has 0 saturated carbocycles. The average Bonchev–Trinajstić information content (AvgIpc) is 2.71. The minimum absolute atomic E-state index is 0.0328. The van der Waals surface area contributed by atoms with Crippen LogP contribution in [0.2, 0.25) is 5.02 Å². The Morgan fingerprint density at radius 1 is 1.30 bits per heavy atom. The van der Waals surface area contributed by atoms with Crippen molar-refractivity contribution in [2.75, 3.05) is 44.2 Å². The molecule has 0 aliphatic carbocycles. The lowest BCUT2D eigenvalue weighted by molar-refractivity contribution is 0.0694. The molecular formula is C20H24ClF2N3O4. The van der Waals surface area contributed by atoms with Gasteiger partial charge in [0, 0.05) is 38.9 Å².